The molecule has 0 spiro atoms. The molecule has 0 radical (unpaired) electrons. The van der Waals surface area contributed by atoms with E-state index in [4.69, 9.17) is 0 Å². The van der Waals surface area contributed by atoms with Gasteiger partial charge in [-0.1, -0.05) is 6.92 Å². The highest BCUT2D eigenvalue weighted by Crippen LogP contribution is 1.90. The van der Waals surface area contributed by atoms with Crippen molar-refractivity contribution in [2.75, 3.05) is 0 Å². The zero-order valence-electron chi connectivity index (χ0n) is 6.05. The predicted octanol–water partition coefficient (Wildman–Crippen LogP) is 1.30. The first-order chi connectivity index (χ1) is 4.16. The lowest BCUT2D eigenvalue weighted by atomic mass is 10.3. The molecule has 0 aromatic heterocycles. The van der Waals surface area contributed by atoms with Crippen LogP contribution in [0.4, 0.5) is 0 Å². The summed E-state index contributed by atoms with van der Waals surface area (Å²) in [5.41, 5.74) is 0. The number of carbonyl (C=O) groups excluding carboxylic acids is 2. The molecule has 0 heterocycles. The van der Waals surface area contributed by atoms with Crippen LogP contribution in [-0.4, -0.2) is 11.9 Å². The molecule has 0 atom stereocenters. The van der Waals surface area contributed by atoms with Gasteiger partial charge in [-0.15, -0.1) is 12.4 Å². The quantitative estimate of drug-likeness (QED) is 0.459. The molecular formula is C6H11ClO3. The lowest BCUT2D eigenvalue weighted by Crippen LogP contribution is -2.07. The van der Waals surface area contributed by atoms with Crippen molar-refractivity contribution in [1.82, 2.24) is 0 Å². The molecule has 60 valence electrons. The number of hydrogen-bond acceptors (Lipinski definition) is 3. The van der Waals surface area contributed by atoms with Crippen molar-refractivity contribution >= 4 is 24.3 Å². The average Bonchev–Trinajstić information content (AvgIpc) is 1.63. The number of rotatable bonds is 2. The van der Waals surface area contributed by atoms with Gasteiger partial charge in [-0.2, -0.15) is 0 Å². The summed E-state index contributed by atoms with van der Waals surface area (Å²) in [7, 11) is 0. The predicted molar refractivity (Wildman–Crippen MR) is 38.9 cm³/mol. The minimum absolute atomic E-state index is 0. The molecule has 10 heavy (non-hydrogen) atoms. The van der Waals surface area contributed by atoms with Gasteiger partial charge in [0.15, 0.2) is 0 Å². The van der Waals surface area contributed by atoms with Crippen molar-refractivity contribution in [2.45, 2.75) is 26.7 Å². The topological polar surface area (TPSA) is 43.4 Å². The third kappa shape index (κ3) is 7.43. The van der Waals surface area contributed by atoms with E-state index >= 15 is 0 Å². The van der Waals surface area contributed by atoms with E-state index in [0.29, 0.717) is 12.8 Å². The maximum absolute atomic E-state index is 10.4. The zero-order chi connectivity index (χ0) is 7.28. The van der Waals surface area contributed by atoms with E-state index in [1.807, 2.05) is 6.92 Å². The van der Waals surface area contributed by atoms with Crippen LogP contribution in [0.5, 0.6) is 0 Å². The van der Waals surface area contributed by atoms with E-state index in [0.717, 1.165) is 0 Å². The summed E-state index contributed by atoms with van der Waals surface area (Å²) in [6.07, 6.45) is 1.03. The average molecular weight is 167 g/mol. The minimum Gasteiger partial charge on any atom is -0.393 e. The molecule has 0 bridgehead atoms. The summed E-state index contributed by atoms with van der Waals surface area (Å²) in [5.74, 6) is -0.974. The Bertz CT molecular complexity index is 122. The Morgan fingerprint density at radius 1 is 1.40 bits per heavy atom. The largest absolute Gasteiger partial charge is 0.393 e. The van der Waals surface area contributed by atoms with Crippen LogP contribution in [0.25, 0.3) is 0 Å². The van der Waals surface area contributed by atoms with Crippen LogP contribution >= 0.6 is 12.4 Å². The Morgan fingerprint density at radius 3 is 2.20 bits per heavy atom. The number of carbonyl (C=O) groups is 2. The molecule has 0 aromatic rings. The van der Waals surface area contributed by atoms with Crippen LogP contribution < -0.4 is 0 Å². The third-order valence-electron chi connectivity index (χ3n) is 0.712. The van der Waals surface area contributed by atoms with E-state index in [2.05, 4.69) is 4.74 Å². The number of ether oxygens (including phenoxy) is 1. The lowest BCUT2D eigenvalue weighted by Gasteiger charge is -1.94. The fourth-order valence-electron chi connectivity index (χ4n) is 0.415. The standard InChI is InChI=1S/C6H10O3.ClH/c1-3-4-6(8)9-5(2)7;/h3-4H2,1-2H3;1H. The Kier molecular flexibility index (Phi) is 7.95. The number of hydrogen-bond donors (Lipinski definition) is 0. The second-order valence-corrected chi connectivity index (χ2v) is 1.72. The second kappa shape index (κ2) is 6.55. The maximum atomic E-state index is 10.4. The van der Waals surface area contributed by atoms with Crippen molar-refractivity contribution in [3.63, 3.8) is 0 Å². The molecule has 3 nitrogen and oxygen atoms in total. The van der Waals surface area contributed by atoms with Gasteiger partial charge >= 0.3 is 11.9 Å². The van der Waals surface area contributed by atoms with Gasteiger partial charge in [-0.3, -0.25) is 9.59 Å². The van der Waals surface area contributed by atoms with Gasteiger partial charge < -0.3 is 4.74 Å². The maximum Gasteiger partial charge on any atom is 0.313 e. The first kappa shape index (κ1) is 12.1. The van der Waals surface area contributed by atoms with Crippen LogP contribution in [0, 0.1) is 0 Å². The highest BCUT2D eigenvalue weighted by atomic mass is 35.5. The zero-order valence-corrected chi connectivity index (χ0v) is 6.86. The van der Waals surface area contributed by atoms with Gasteiger partial charge in [0.25, 0.3) is 0 Å². The Balaban J connectivity index is 0. The molecule has 4 heteroatoms. The molecule has 0 rings (SSSR count). The van der Waals surface area contributed by atoms with Gasteiger partial charge in [0.1, 0.15) is 0 Å². The molecule has 0 aliphatic rings. The Morgan fingerprint density at radius 2 is 1.90 bits per heavy atom. The smallest absolute Gasteiger partial charge is 0.313 e. The van der Waals surface area contributed by atoms with Crippen molar-refractivity contribution in [2.24, 2.45) is 0 Å². The van der Waals surface area contributed by atoms with Gasteiger partial charge in [-0.25, -0.2) is 0 Å². The summed E-state index contributed by atoms with van der Waals surface area (Å²) in [6, 6.07) is 0. The first-order valence-corrected chi connectivity index (χ1v) is 2.88. The van der Waals surface area contributed by atoms with Gasteiger partial charge in [0, 0.05) is 13.3 Å². The molecular weight excluding hydrogens is 156 g/mol. The summed E-state index contributed by atoms with van der Waals surface area (Å²) < 4.78 is 4.21. The highest BCUT2D eigenvalue weighted by Gasteiger charge is 2.02. The van der Waals surface area contributed by atoms with E-state index < -0.39 is 11.9 Å². The van der Waals surface area contributed by atoms with E-state index in [1.165, 1.54) is 6.92 Å². The molecule has 0 aromatic carbocycles. The van der Waals surface area contributed by atoms with E-state index in [1.54, 1.807) is 0 Å². The van der Waals surface area contributed by atoms with Crippen LogP contribution in [0.1, 0.15) is 26.7 Å². The van der Waals surface area contributed by atoms with Gasteiger partial charge in [0.2, 0.25) is 0 Å². The third-order valence-corrected chi connectivity index (χ3v) is 0.712. The highest BCUT2D eigenvalue weighted by molar-refractivity contribution is 5.85. The van der Waals surface area contributed by atoms with Crippen LogP contribution in [0.15, 0.2) is 0 Å². The number of esters is 2. The first-order valence-electron chi connectivity index (χ1n) is 2.88. The van der Waals surface area contributed by atoms with Crippen LogP contribution in [-0.2, 0) is 14.3 Å². The lowest BCUT2D eigenvalue weighted by molar-refractivity contribution is -0.158. The van der Waals surface area contributed by atoms with Crippen molar-refractivity contribution < 1.29 is 14.3 Å². The van der Waals surface area contributed by atoms with Gasteiger partial charge in [-0.05, 0) is 6.42 Å². The van der Waals surface area contributed by atoms with Crippen LogP contribution in [0.3, 0.4) is 0 Å². The summed E-state index contributed by atoms with van der Waals surface area (Å²) >= 11 is 0. The fraction of sp³-hybridized carbons (Fsp3) is 0.667. The molecule has 0 aliphatic carbocycles. The van der Waals surface area contributed by atoms with Crippen molar-refractivity contribution in [3.8, 4) is 0 Å². The van der Waals surface area contributed by atoms with E-state index in [-0.39, 0.29) is 12.4 Å². The molecule has 0 amide bonds. The summed E-state index contributed by atoms with van der Waals surface area (Å²) in [5, 5.41) is 0. The van der Waals surface area contributed by atoms with Crippen LogP contribution in [0.2, 0.25) is 0 Å². The van der Waals surface area contributed by atoms with Crippen molar-refractivity contribution in [3.05, 3.63) is 0 Å². The minimum atomic E-state index is -0.534. The van der Waals surface area contributed by atoms with Crippen molar-refractivity contribution in [1.29, 1.82) is 0 Å². The molecule has 0 saturated heterocycles. The SMILES string of the molecule is CCCC(=O)OC(C)=O.Cl. The number of halogens is 1. The van der Waals surface area contributed by atoms with Gasteiger partial charge in [0.05, 0.1) is 0 Å². The Hall–Kier alpha value is -0.570. The monoisotopic (exact) mass is 166 g/mol. The molecule has 0 saturated carbocycles. The Labute approximate surface area is 66.2 Å². The molecule has 0 fully saturated rings. The molecule has 0 unspecified atom stereocenters. The van der Waals surface area contributed by atoms with E-state index in [9.17, 15) is 9.59 Å². The summed E-state index contributed by atoms with van der Waals surface area (Å²) in [6.45, 7) is 3.06. The molecule has 0 N–H and O–H groups in total. The second-order valence-electron chi connectivity index (χ2n) is 1.72. The normalized spacial score (nSPS) is 7.80. The molecule has 0 aliphatic heterocycles. The fourth-order valence-corrected chi connectivity index (χ4v) is 0.415. The summed E-state index contributed by atoms with van der Waals surface area (Å²) in [4.78, 5) is 20.5.